The van der Waals surface area contributed by atoms with E-state index in [2.05, 4.69) is 0 Å². The Labute approximate surface area is 72.8 Å². The summed E-state index contributed by atoms with van der Waals surface area (Å²) in [6, 6.07) is 3.75. The lowest BCUT2D eigenvalue weighted by Crippen LogP contribution is -2.27. The zero-order valence-corrected chi connectivity index (χ0v) is 7.58. The zero-order valence-electron chi connectivity index (χ0n) is 7.58. The summed E-state index contributed by atoms with van der Waals surface area (Å²) in [4.78, 5) is 11.4. The largest absolute Gasteiger partial charge is 0.294 e. The molecular formula is C10H14NO+. The Morgan fingerprint density at radius 1 is 1.58 bits per heavy atom. The first-order valence-electron chi connectivity index (χ1n) is 4.22. The molecule has 0 aliphatic carbocycles. The van der Waals surface area contributed by atoms with Gasteiger partial charge in [-0.3, -0.25) is 4.79 Å². The van der Waals surface area contributed by atoms with Gasteiger partial charge in [0.25, 0.3) is 0 Å². The Bertz CT molecular complexity index is 281. The van der Waals surface area contributed by atoms with E-state index in [1.165, 1.54) is 0 Å². The maximum Gasteiger partial charge on any atom is 0.179 e. The molecule has 1 aromatic heterocycles. The van der Waals surface area contributed by atoms with Crippen molar-refractivity contribution in [2.75, 3.05) is 0 Å². The molecule has 1 rings (SSSR count). The van der Waals surface area contributed by atoms with Crippen molar-refractivity contribution >= 4 is 5.78 Å². The van der Waals surface area contributed by atoms with Crippen molar-refractivity contribution in [2.24, 2.45) is 7.05 Å². The van der Waals surface area contributed by atoms with Gasteiger partial charge in [-0.1, -0.05) is 6.92 Å². The maximum atomic E-state index is 11.4. The highest BCUT2D eigenvalue weighted by Crippen LogP contribution is 2.01. The normalized spacial score (nSPS) is 9.83. The molecule has 0 unspecified atom stereocenters. The average Bonchev–Trinajstić information content (AvgIpc) is 2.05. The number of aryl methyl sites for hydroxylation is 1. The Morgan fingerprint density at radius 3 is 2.92 bits per heavy atom. The molecule has 0 spiro atoms. The van der Waals surface area contributed by atoms with E-state index >= 15 is 0 Å². The predicted molar refractivity (Wildman–Crippen MR) is 46.9 cm³/mol. The molecule has 0 atom stereocenters. The molecule has 2 nitrogen and oxygen atoms in total. The van der Waals surface area contributed by atoms with Crippen LogP contribution in [0.25, 0.3) is 0 Å². The number of hydrogen-bond acceptors (Lipinski definition) is 1. The lowest BCUT2D eigenvalue weighted by atomic mass is 10.1. The van der Waals surface area contributed by atoms with Crippen molar-refractivity contribution in [3.05, 3.63) is 30.1 Å². The smallest absolute Gasteiger partial charge is 0.179 e. The number of nitrogens with zero attached hydrogens (tertiary/aromatic N) is 1. The summed E-state index contributed by atoms with van der Waals surface area (Å²) in [5.41, 5.74) is 0.807. The summed E-state index contributed by atoms with van der Waals surface area (Å²) in [5.74, 6) is 0.230. The van der Waals surface area contributed by atoms with E-state index in [4.69, 9.17) is 0 Å². The highest BCUT2D eigenvalue weighted by Gasteiger charge is 2.06. The Hall–Kier alpha value is -1.18. The molecule has 0 radical (unpaired) electrons. The number of pyridine rings is 1. The minimum Gasteiger partial charge on any atom is -0.294 e. The number of carbonyl (C=O) groups is 1. The Kier molecular flexibility index (Phi) is 2.97. The van der Waals surface area contributed by atoms with Crippen LogP contribution >= 0.6 is 0 Å². The van der Waals surface area contributed by atoms with Gasteiger partial charge in [0.2, 0.25) is 0 Å². The average molecular weight is 164 g/mol. The van der Waals surface area contributed by atoms with E-state index in [0.29, 0.717) is 6.42 Å². The third kappa shape index (κ3) is 2.16. The lowest BCUT2D eigenvalue weighted by molar-refractivity contribution is -0.671. The van der Waals surface area contributed by atoms with Crippen molar-refractivity contribution in [3.63, 3.8) is 0 Å². The summed E-state index contributed by atoms with van der Waals surface area (Å²) in [6.07, 6.45) is 5.34. The van der Waals surface area contributed by atoms with E-state index in [0.717, 1.165) is 12.0 Å². The summed E-state index contributed by atoms with van der Waals surface area (Å²) in [6.45, 7) is 2.01. The highest BCUT2D eigenvalue weighted by atomic mass is 16.1. The number of rotatable bonds is 3. The van der Waals surface area contributed by atoms with Crippen LogP contribution in [0.1, 0.15) is 30.1 Å². The predicted octanol–water partition coefficient (Wildman–Crippen LogP) is 1.49. The number of hydrogen-bond donors (Lipinski definition) is 0. The molecule has 0 saturated carbocycles. The van der Waals surface area contributed by atoms with E-state index in [1.54, 1.807) is 0 Å². The van der Waals surface area contributed by atoms with Gasteiger partial charge in [0.1, 0.15) is 7.05 Å². The van der Waals surface area contributed by atoms with Crippen LogP contribution in [0.15, 0.2) is 24.5 Å². The molecule has 0 aliphatic heterocycles. The fourth-order valence-corrected chi connectivity index (χ4v) is 1.12. The fourth-order valence-electron chi connectivity index (χ4n) is 1.12. The second kappa shape index (κ2) is 4.00. The van der Waals surface area contributed by atoms with Crippen molar-refractivity contribution in [1.29, 1.82) is 0 Å². The van der Waals surface area contributed by atoms with E-state index in [9.17, 15) is 4.79 Å². The van der Waals surface area contributed by atoms with Gasteiger partial charge in [-0.2, -0.15) is 0 Å². The van der Waals surface area contributed by atoms with Gasteiger partial charge in [0.05, 0.1) is 5.56 Å². The van der Waals surface area contributed by atoms with Crippen molar-refractivity contribution < 1.29 is 9.36 Å². The van der Waals surface area contributed by atoms with Gasteiger partial charge < -0.3 is 0 Å². The summed E-state index contributed by atoms with van der Waals surface area (Å²) < 4.78 is 1.89. The van der Waals surface area contributed by atoms with Crippen LogP contribution in [-0.4, -0.2) is 5.78 Å². The quantitative estimate of drug-likeness (QED) is 0.490. The second-order valence-electron chi connectivity index (χ2n) is 2.93. The van der Waals surface area contributed by atoms with Crippen LogP contribution in [0.4, 0.5) is 0 Å². The van der Waals surface area contributed by atoms with E-state index in [1.807, 2.05) is 43.1 Å². The lowest BCUT2D eigenvalue weighted by Gasteiger charge is -1.95. The number of carbonyl (C=O) groups excluding carboxylic acids is 1. The first-order valence-corrected chi connectivity index (χ1v) is 4.22. The van der Waals surface area contributed by atoms with Crippen LogP contribution in [-0.2, 0) is 7.05 Å². The third-order valence-corrected chi connectivity index (χ3v) is 1.74. The van der Waals surface area contributed by atoms with Crippen LogP contribution in [0.3, 0.4) is 0 Å². The zero-order chi connectivity index (χ0) is 8.97. The highest BCUT2D eigenvalue weighted by molar-refractivity contribution is 5.95. The molecule has 0 saturated heterocycles. The molecular weight excluding hydrogens is 150 g/mol. The van der Waals surface area contributed by atoms with Gasteiger partial charge in [0, 0.05) is 12.5 Å². The molecule has 12 heavy (non-hydrogen) atoms. The topological polar surface area (TPSA) is 20.9 Å². The molecule has 2 heteroatoms. The molecule has 1 aromatic rings. The van der Waals surface area contributed by atoms with Crippen molar-refractivity contribution in [2.45, 2.75) is 19.8 Å². The molecule has 0 amide bonds. The Morgan fingerprint density at radius 2 is 2.33 bits per heavy atom. The minimum absolute atomic E-state index is 0.230. The van der Waals surface area contributed by atoms with Crippen LogP contribution < -0.4 is 4.57 Å². The van der Waals surface area contributed by atoms with E-state index < -0.39 is 0 Å². The van der Waals surface area contributed by atoms with Gasteiger partial charge in [0.15, 0.2) is 18.2 Å². The van der Waals surface area contributed by atoms with Crippen LogP contribution in [0.5, 0.6) is 0 Å². The molecule has 64 valence electrons. The summed E-state index contributed by atoms with van der Waals surface area (Å²) >= 11 is 0. The van der Waals surface area contributed by atoms with Gasteiger partial charge in [-0.15, -0.1) is 0 Å². The van der Waals surface area contributed by atoms with Crippen molar-refractivity contribution in [3.8, 4) is 0 Å². The third-order valence-electron chi connectivity index (χ3n) is 1.74. The van der Waals surface area contributed by atoms with E-state index in [-0.39, 0.29) is 5.78 Å². The number of Topliss-reactive ketones (excluding diaryl/α,β-unsaturated/α-hetero) is 1. The summed E-state index contributed by atoms with van der Waals surface area (Å²) in [7, 11) is 1.92. The minimum atomic E-state index is 0.230. The molecule has 0 fully saturated rings. The second-order valence-corrected chi connectivity index (χ2v) is 2.93. The molecule has 0 bridgehead atoms. The van der Waals surface area contributed by atoms with Crippen LogP contribution in [0.2, 0.25) is 0 Å². The van der Waals surface area contributed by atoms with Gasteiger partial charge in [-0.05, 0) is 12.5 Å². The first-order chi connectivity index (χ1) is 5.74. The van der Waals surface area contributed by atoms with Crippen LogP contribution in [0, 0.1) is 0 Å². The Balaban J connectivity index is 2.81. The molecule has 0 aliphatic rings. The first kappa shape index (κ1) is 8.91. The maximum absolute atomic E-state index is 11.4. The van der Waals surface area contributed by atoms with Crippen molar-refractivity contribution in [1.82, 2.24) is 0 Å². The monoisotopic (exact) mass is 164 g/mol. The van der Waals surface area contributed by atoms with Gasteiger partial charge >= 0.3 is 0 Å². The molecule has 0 N–H and O–H groups in total. The number of ketones is 1. The van der Waals surface area contributed by atoms with Gasteiger partial charge in [-0.25, -0.2) is 4.57 Å². The standard InChI is InChI=1S/C10H14NO/c1-3-5-10(12)9-6-4-7-11(2)8-9/h4,6-8H,3,5H2,1-2H3/q+1. The number of aromatic nitrogens is 1. The molecule has 1 heterocycles. The summed E-state index contributed by atoms with van der Waals surface area (Å²) in [5, 5.41) is 0. The molecule has 0 aromatic carbocycles. The SMILES string of the molecule is CCCC(=O)c1ccc[n+](C)c1. The fraction of sp³-hybridized carbons (Fsp3) is 0.400.